The molecule has 17 heavy (non-hydrogen) atoms. The molecule has 2 aromatic heterocycles. The molecule has 0 spiro atoms. The second kappa shape index (κ2) is 3.73. The molecule has 86 valence electrons. The second-order valence-electron chi connectivity index (χ2n) is 4.29. The van der Waals surface area contributed by atoms with Gasteiger partial charge < -0.3 is 9.13 Å². The number of aromatic nitrogens is 4. The molecular weight excluding hydrogens is 212 g/mol. The van der Waals surface area contributed by atoms with Crippen molar-refractivity contribution in [2.45, 2.75) is 13.5 Å². The standard InChI is InChI=1S/C13H14N4/c1-10-7-11-5-3-4-6-12(11)17(10)8-13-15-14-9-16(13)2/h3-7,9H,8H2,1-2H3. The number of nitrogens with zero attached hydrogens (tertiary/aromatic N) is 4. The molecule has 0 amide bonds. The fraction of sp³-hybridized carbons (Fsp3) is 0.231. The zero-order chi connectivity index (χ0) is 11.8. The second-order valence-corrected chi connectivity index (χ2v) is 4.29. The average molecular weight is 226 g/mol. The zero-order valence-corrected chi connectivity index (χ0v) is 9.96. The van der Waals surface area contributed by atoms with Crippen molar-refractivity contribution in [2.75, 3.05) is 0 Å². The predicted molar refractivity (Wildman–Crippen MR) is 66.8 cm³/mol. The van der Waals surface area contributed by atoms with Crippen LogP contribution >= 0.6 is 0 Å². The fourth-order valence-corrected chi connectivity index (χ4v) is 2.15. The number of benzene rings is 1. The molecule has 0 atom stereocenters. The highest BCUT2D eigenvalue weighted by Crippen LogP contribution is 2.19. The van der Waals surface area contributed by atoms with Crippen LogP contribution in [0.1, 0.15) is 11.5 Å². The van der Waals surface area contributed by atoms with Gasteiger partial charge in [0.05, 0.1) is 6.54 Å². The Hall–Kier alpha value is -2.10. The molecule has 0 aliphatic rings. The van der Waals surface area contributed by atoms with Gasteiger partial charge in [0.25, 0.3) is 0 Å². The normalized spacial score (nSPS) is 11.2. The minimum absolute atomic E-state index is 0.760. The van der Waals surface area contributed by atoms with Crippen molar-refractivity contribution >= 4 is 10.9 Å². The molecule has 0 aliphatic carbocycles. The Labute approximate surface area is 99.5 Å². The quantitative estimate of drug-likeness (QED) is 0.671. The Kier molecular flexibility index (Phi) is 2.21. The minimum Gasteiger partial charge on any atom is -0.337 e. The zero-order valence-electron chi connectivity index (χ0n) is 9.96. The van der Waals surface area contributed by atoms with Crippen LogP contribution in [-0.4, -0.2) is 19.3 Å². The summed E-state index contributed by atoms with van der Waals surface area (Å²) in [6, 6.07) is 10.6. The molecule has 1 aromatic carbocycles. The molecule has 0 radical (unpaired) electrons. The SMILES string of the molecule is Cc1cc2ccccc2n1Cc1nncn1C. The summed E-state index contributed by atoms with van der Waals surface area (Å²) in [5, 5.41) is 9.31. The van der Waals surface area contributed by atoms with Crippen LogP contribution in [0, 0.1) is 6.92 Å². The van der Waals surface area contributed by atoms with E-state index in [2.05, 4.69) is 52.0 Å². The van der Waals surface area contributed by atoms with E-state index >= 15 is 0 Å². The van der Waals surface area contributed by atoms with Crippen molar-refractivity contribution in [3.05, 3.63) is 48.2 Å². The first-order valence-corrected chi connectivity index (χ1v) is 5.63. The molecule has 0 saturated heterocycles. The number of hydrogen-bond acceptors (Lipinski definition) is 2. The highest BCUT2D eigenvalue weighted by atomic mass is 15.3. The van der Waals surface area contributed by atoms with Crippen LogP contribution in [0.5, 0.6) is 0 Å². The first kappa shape index (κ1) is 10.1. The molecule has 4 nitrogen and oxygen atoms in total. The molecule has 2 heterocycles. The predicted octanol–water partition coefficient (Wildman–Crippen LogP) is 2.13. The van der Waals surface area contributed by atoms with Crippen molar-refractivity contribution in [2.24, 2.45) is 7.05 Å². The van der Waals surface area contributed by atoms with Gasteiger partial charge in [-0.3, -0.25) is 0 Å². The van der Waals surface area contributed by atoms with Gasteiger partial charge in [0, 0.05) is 18.3 Å². The lowest BCUT2D eigenvalue weighted by atomic mass is 10.2. The van der Waals surface area contributed by atoms with Gasteiger partial charge in [-0.15, -0.1) is 10.2 Å². The number of fused-ring (bicyclic) bond motifs is 1. The molecule has 3 aromatic rings. The Bertz CT molecular complexity index is 663. The van der Waals surface area contributed by atoms with E-state index in [0.717, 1.165) is 12.4 Å². The van der Waals surface area contributed by atoms with E-state index in [1.54, 1.807) is 6.33 Å². The van der Waals surface area contributed by atoms with E-state index in [1.165, 1.54) is 16.6 Å². The van der Waals surface area contributed by atoms with Crippen LogP contribution in [-0.2, 0) is 13.6 Å². The van der Waals surface area contributed by atoms with Crippen LogP contribution in [0.15, 0.2) is 36.7 Å². The highest BCUT2D eigenvalue weighted by molar-refractivity contribution is 5.81. The third-order valence-electron chi connectivity index (χ3n) is 3.12. The van der Waals surface area contributed by atoms with Crippen LogP contribution in [0.4, 0.5) is 0 Å². The monoisotopic (exact) mass is 226 g/mol. The maximum atomic E-state index is 4.13. The molecule has 0 fully saturated rings. The van der Waals surface area contributed by atoms with Gasteiger partial charge in [0.2, 0.25) is 0 Å². The Balaban J connectivity index is 2.11. The largest absolute Gasteiger partial charge is 0.337 e. The maximum Gasteiger partial charge on any atom is 0.152 e. The first-order chi connectivity index (χ1) is 8.25. The summed E-state index contributed by atoms with van der Waals surface area (Å²) in [6.45, 7) is 2.88. The van der Waals surface area contributed by atoms with E-state index in [4.69, 9.17) is 0 Å². The van der Waals surface area contributed by atoms with Crippen LogP contribution in [0.2, 0.25) is 0 Å². The van der Waals surface area contributed by atoms with E-state index < -0.39 is 0 Å². The Morgan fingerprint density at radius 2 is 2.06 bits per heavy atom. The van der Waals surface area contributed by atoms with Gasteiger partial charge in [0.15, 0.2) is 5.82 Å². The molecule has 0 N–H and O–H groups in total. The maximum absolute atomic E-state index is 4.13. The van der Waals surface area contributed by atoms with E-state index in [1.807, 2.05) is 11.6 Å². The summed E-state index contributed by atoms with van der Waals surface area (Å²) in [5.74, 6) is 0.967. The summed E-state index contributed by atoms with van der Waals surface area (Å²) >= 11 is 0. The van der Waals surface area contributed by atoms with E-state index in [9.17, 15) is 0 Å². The molecular formula is C13H14N4. The molecule has 3 rings (SSSR count). The van der Waals surface area contributed by atoms with Gasteiger partial charge in [-0.25, -0.2) is 0 Å². The molecule has 0 bridgehead atoms. The molecule has 0 unspecified atom stereocenters. The summed E-state index contributed by atoms with van der Waals surface area (Å²) in [6.07, 6.45) is 1.73. The van der Waals surface area contributed by atoms with E-state index in [0.29, 0.717) is 0 Å². The van der Waals surface area contributed by atoms with Crippen molar-refractivity contribution < 1.29 is 0 Å². The third-order valence-corrected chi connectivity index (χ3v) is 3.12. The van der Waals surface area contributed by atoms with Gasteiger partial charge >= 0.3 is 0 Å². The number of para-hydroxylation sites is 1. The summed E-state index contributed by atoms with van der Waals surface area (Å²) in [5.41, 5.74) is 2.49. The summed E-state index contributed by atoms with van der Waals surface area (Å²) < 4.78 is 4.22. The van der Waals surface area contributed by atoms with Crippen molar-refractivity contribution in [3.8, 4) is 0 Å². The first-order valence-electron chi connectivity index (χ1n) is 5.63. The van der Waals surface area contributed by atoms with Crippen LogP contribution in [0.25, 0.3) is 10.9 Å². The van der Waals surface area contributed by atoms with Gasteiger partial charge in [0.1, 0.15) is 6.33 Å². The van der Waals surface area contributed by atoms with Gasteiger partial charge in [-0.2, -0.15) is 0 Å². The smallest absolute Gasteiger partial charge is 0.152 e. The third kappa shape index (κ3) is 1.62. The van der Waals surface area contributed by atoms with Crippen molar-refractivity contribution in [1.29, 1.82) is 0 Å². The fourth-order valence-electron chi connectivity index (χ4n) is 2.15. The lowest BCUT2D eigenvalue weighted by Gasteiger charge is -2.07. The Morgan fingerprint density at radius 3 is 2.82 bits per heavy atom. The number of rotatable bonds is 2. The van der Waals surface area contributed by atoms with Crippen LogP contribution < -0.4 is 0 Å². The summed E-state index contributed by atoms with van der Waals surface area (Å²) in [7, 11) is 1.97. The number of hydrogen-bond donors (Lipinski definition) is 0. The topological polar surface area (TPSA) is 35.6 Å². The van der Waals surface area contributed by atoms with Crippen molar-refractivity contribution in [3.63, 3.8) is 0 Å². The van der Waals surface area contributed by atoms with Crippen LogP contribution in [0.3, 0.4) is 0 Å². The van der Waals surface area contributed by atoms with Crippen molar-refractivity contribution in [1.82, 2.24) is 19.3 Å². The average Bonchev–Trinajstić information content (AvgIpc) is 2.85. The Morgan fingerprint density at radius 1 is 1.24 bits per heavy atom. The number of aryl methyl sites for hydroxylation is 2. The highest BCUT2D eigenvalue weighted by Gasteiger charge is 2.08. The van der Waals surface area contributed by atoms with Gasteiger partial charge in [-0.1, -0.05) is 18.2 Å². The molecule has 0 saturated carbocycles. The minimum atomic E-state index is 0.760. The van der Waals surface area contributed by atoms with E-state index in [-0.39, 0.29) is 0 Å². The lowest BCUT2D eigenvalue weighted by Crippen LogP contribution is -2.06. The molecule has 4 heteroatoms. The summed E-state index contributed by atoms with van der Waals surface area (Å²) in [4.78, 5) is 0. The van der Waals surface area contributed by atoms with Gasteiger partial charge in [-0.05, 0) is 24.4 Å². The lowest BCUT2D eigenvalue weighted by molar-refractivity contribution is 0.702. The molecule has 0 aliphatic heterocycles.